The van der Waals surface area contributed by atoms with Crippen LogP contribution < -0.4 is 5.73 Å². The fourth-order valence-corrected chi connectivity index (χ4v) is 1.16. The Morgan fingerprint density at radius 3 is 2.40 bits per heavy atom. The molecule has 0 heterocycles. The number of benzene rings is 1. The second kappa shape index (κ2) is 4.08. The molecular formula is C10H10FNO3. The molecule has 0 aliphatic heterocycles. The van der Waals surface area contributed by atoms with Crippen molar-refractivity contribution in [2.45, 2.75) is 6.92 Å². The largest absolute Gasteiger partial charge is 0.465 e. The first-order chi connectivity index (χ1) is 6.97. The van der Waals surface area contributed by atoms with Gasteiger partial charge in [-0.2, -0.15) is 0 Å². The number of hydrogen-bond donors (Lipinski definition) is 1. The van der Waals surface area contributed by atoms with Gasteiger partial charge in [0.25, 0.3) is 0 Å². The minimum Gasteiger partial charge on any atom is -0.465 e. The smallest absolute Gasteiger partial charge is 0.340 e. The molecule has 0 unspecified atom stereocenters. The summed E-state index contributed by atoms with van der Waals surface area (Å²) in [4.78, 5) is 22.2. The van der Waals surface area contributed by atoms with Gasteiger partial charge in [0.1, 0.15) is 5.82 Å². The zero-order valence-corrected chi connectivity index (χ0v) is 8.33. The highest BCUT2D eigenvalue weighted by Gasteiger charge is 2.16. The van der Waals surface area contributed by atoms with Crippen molar-refractivity contribution in [2.24, 2.45) is 0 Å². The molecule has 1 rings (SSSR count). The van der Waals surface area contributed by atoms with Crippen LogP contribution in [0.3, 0.4) is 0 Å². The number of carbonyl (C=O) groups is 2. The van der Waals surface area contributed by atoms with Crippen LogP contribution in [-0.4, -0.2) is 18.9 Å². The number of methoxy groups -OCH3 is 1. The third kappa shape index (κ3) is 2.12. The van der Waals surface area contributed by atoms with E-state index in [2.05, 4.69) is 4.74 Å². The number of halogens is 1. The normalized spacial score (nSPS) is 9.80. The lowest BCUT2D eigenvalue weighted by Crippen LogP contribution is -2.09. The molecule has 80 valence electrons. The van der Waals surface area contributed by atoms with Gasteiger partial charge < -0.3 is 10.5 Å². The van der Waals surface area contributed by atoms with Crippen molar-refractivity contribution in [3.8, 4) is 0 Å². The van der Waals surface area contributed by atoms with E-state index < -0.39 is 11.8 Å². The molecule has 0 amide bonds. The van der Waals surface area contributed by atoms with E-state index in [9.17, 15) is 14.0 Å². The molecule has 0 aromatic heterocycles. The molecule has 0 atom stereocenters. The number of carbonyl (C=O) groups excluding carboxylic acids is 2. The number of nitrogens with two attached hydrogens (primary N) is 1. The maximum atomic E-state index is 13.2. The Hall–Kier alpha value is -1.91. The third-order valence-corrected chi connectivity index (χ3v) is 1.92. The SMILES string of the molecule is COC(=O)c1cc(C(C)=O)c(N)cc1F. The summed E-state index contributed by atoms with van der Waals surface area (Å²) in [5.41, 5.74) is 5.24. The molecular weight excluding hydrogens is 201 g/mol. The molecule has 5 heteroatoms. The lowest BCUT2D eigenvalue weighted by Gasteiger charge is -2.06. The van der Waals surface area contributed by atoms with E-state index in [-0.39, 0.29) is 22.6 Å². The Kier molecular flexibility index (Phi) is 3.04. The van der Waals surface area contributed by atoms with Gasteiger partial charge in [-0.25, -0.2) is 9.18 Å². The summed E-state index contributed by atoms with van der Waals surface area (Å²) in [6.45, 7) is 1.28. The zero-order chi connectivity index (χ0) is 11.6. The number of ketones is 1. The first-order valence-electron chi connectivity index (χ1n) is 4.15. The molecule has 0 saturated heterocycles. The number of ether oxygens (including phenoxy) is 1. The van der Waals surface area contributed by atoms with E-state index in [0.717, 1.165) is 19.2 Å². The van der Waals surface area contributed by atoms with E-state index in [0.29, 0.717) is 0 Å². The Morgan fingerprint density at radius 1 is 1.33 bits per heavy atom. The summed E-state index contributed by atoms with van der Waals surface area (Å²) < 4.78 is 17.6. The number of anilines is 1. The highest BCUT2D eigenvalue weighted by molar-refractivity contribution is 6.02. The Balaban J connectivity index is 3.36. The van der Waals surface area contributed by atoms with Crippen LogP contribution in [0.1, 0.15) is 27.6 Å². The molecule has 0 bridgehead atoms. The van der Waals surface area contributed by atoms with Crippen LogP contribution in [0.15, 0.2) is 12.1 Å². The summed E-state index contributed by atoms with van der Waals surface area (Å²) in [5, 5.41) is 0. The number of Topliss-reactive ketones (excluding diaryl/α,β-unsaturated/α-hetero) is 1. The topological polar surface area (TPSA) is 69.4 Å². The maximum absolute atomic E-state index is 13.2. The first-order valence-corrected chi connectivity index (χ1v) is 4.15. The summed E-state index contributed by atoms with van der Waals surface area (Å²) in [6, 6.07) is 2.03. The van der Waals surface area contributed by atoms with E-state index in [4.69, 9.17) is 5.73 Å². The monoisotopic (exact) mass is 211 g/mol. The van der Waals surface area contributed by atoms with Gasteiger partial charge in [0.15, 0.2) is 5.78 Å². The minimum absolute atomic E-state index is 0.00709. The van der Waals surface area contributed by atoms with Crippen molar-refractivity contribution in [1.82, 2.24) is 0 Å². The molecule has 0 radical (unpaired) electrons. The predicted octanol–water partition coefficient (Wildman–Crippen LogP) is 1.40. The fraction of sp³-hybridized carbons (Fsp3) is 0.200. The van der Waals surface area contributed by atoms with Crippen LogP contribution in [0.5, 0.6) is 0 Å². The van der Waals surface area contributed by atoms with E-state index >= 15 is 0 Å². The number of nitrogen functional groups attached to an aromatic ring is 1. The highest BCUT2D eigenvalue weighted by atomic mass is 19.1. The van der Waals surface area contributed by atoms with Crippen LogP contribution in [-0.2, 0) is 4.74 Å². The van der Waals surface area contributed by atoms with Gasteiger partial charge in [0.2, 0.25) is 0 Å². The fourth-order valence-electron chi connectivity index (χ4n) is 1.16. The molecule has 15 heavy (non-hydrogen) atoms. The standard InChI is InChI=1S/C10H10FNO3/c1-5(13)6-3-7(10(14)15-2)8(11)4-9(6)12/h3-4H,12H2,1-2H3. The Labute approximate surface area is 85.8 Å². The van der Waals surface area contributed by atoms with Gasteiger partial charge in [-0.05, 0) is 19.1 Å². The van der Waals surface area contributed by atoms with Gasteiger partial charge in [0, 0.05) is 11.3 Å². The molecule has 0 spiro atoms. The lowest BCUT2D eigenvalue weighted by molar-refractivity contribution is 0.0595. The Bertz CT molecular complexity index is 429. The van der Waals surface area contributed by atoms with Crippen molar-refractivity contribution in [3.05, 3.63) is 29.1 Å². The second-order valence-electron chi connectivity index (χ2n) is 2.97. The maximum Gasteiger partial charge on any atom is 0.340 e. The van der Waals surface area contributed by atoms with E-state index in [1.165, 1.54) is 6.92 Å². The molecule has 0 aliphatic carbocycles. The molecule has 0 fully saturated rings. The van der Waals surface area contributed by atoms with Gasteiger partial charge in [-0.15, -0.1) is 0 Å². The molecule has 1 aromatic rings. The molecule has 1 aromatic carbocycles. The number of esters is 1. The summed E-state index contributed by atoms with van der Waals surface area (Å²) in [6.07, 6.45) is 0. The van der Waals surface area contributed by atoms with Gasteiger partial charge in [-0.1, -0.05) is 0 Å². The Morgan fingerprint density at radius 2 is 1.93 bits per heavy atom. The number of rotatable bonds is 2. The molecule has 0 saturated carbocycles. The van der Waals surface area contributed by atoms with Crippen molar-refractivity contribution in [3.63, 3.8) is 0 Å². The summed E-state index contributed by atoms with van der Waals surface area (Å²) in [5.74, 6) is -1.97. The molecule has 2 N–H and O–H groups in total. The average Bonchev–Trinajstić information content (AvgIpc) is 2.16. The van der Waals surface area contributed by atoms with Gasteiger partial charge in [-0.3, -0.25) is 4.79 Å². The van der Waals surface area contributed by atoms with Crippen LogP contribution in [0, 0.1) is 5.82 Å². The van der Waals surface area contributed by atoms with Crippen LogP contribution in [0.4, 0.5) is 10.1 Å². The summed E-state index contributed by atoms with van der Waals surface area (Å²) in [7, 11) is 1.13. The minimum atomic E-state index is -0.838. The van der Waals surface area contributed by atoms with Crippen LogP contribution >= 0.6 is 0 Å². The quantitative estimate of drug-likeness (QED) is 0.456. The lowest BCUT2D eigenvalue weighted by atomic mass is 10.1. The van der Waals surface area contributed by atoms with Crippen molar-refractivity contribution < 1.29 is 18.7 Å². The third-order valence-electron chi connectivity index (χ3n) is 1.92. The van der Waals surface area contributed by atoms with Crippen molar-refractivity contribution in [1.29, 1.82) is 0 Å². The first kappa shape index (κ1) is 11.2. The van der Waals surface area contributed by atoms with Crippen LogP contribution in [0.25, 0.3) is 0 Å². The zero-order valence-electron chi connectivity index (χ0n) is 8.33. The van der Waals surface area contributed by atoms with E-state index in [1.807, 2.05) is 0 Å². The van der Waals surface area contributed by atoms with Crippen molar-refractivity contribution >= 4 is 17.4 Å². The van der Waals surface area contributed by atoms with Gasteiger partial charge >= 0.3 is 5.97 Å². The molecule has 4 nitrogen and oxygen atoms in total. The second-order valence-corrected chi connectivity index (χ2v) is 2.97. The highest BCUT2D eigenvalue weighted by Crippen LogP contribution is 2.19. The average molecular weight is 211 g/mol. The van der Waals surface area contributed by atoms with Crippen molar-refractivity contribution in [2.75, 3.05) is 12.8 Å². The van der Waals surface area contributed by atoms with Gasteiger partial charge in [0.05, 0.1) is 12.7 Å². The van der Waals surface area contributed by atoms with Crippen LogP contribution in [0.2, 0.25) is 0 Å². The van der Waals surface area contributed by atoms with E-state index in [1.54, 1.807) is 0 Å². The molecule has 0 aliphatic rings. The predicted molar refractivity (Wildman–Crippen MR) is 52.2 cm³/mol. The summed E-state index contributed by atoms with van der Waals surface area (Å²) >= 11 is 0. The number of hydrogen-bond acceptors (Lipinski definition) is 4.